The first kappa shape index (κ1) is 13.0. The number of nitriles is 1. The van der Waals surface area contributed by atoms with Crippen LogP contribution in [-0.4, -0.2) is 16.5 Å². The number of nitrogens with zero attached hydrogens (tertiary/aromatic N) is 4. The first-order chi connectivity index (χ1) is 9.22. The minimum atomic E-state index is 0.438. The van der Waals surface area contributed by atoms with E-state index in [1.165, 1.54) is 0 Å². The summed E-state index contributed by atoms with van der Waals surface area (Å²) in [5.41, 5.74) is 3.48. The Balaban J connectivity index is 2.22. The molecule has 0 saturated carbocycles. The van der Waals surface area contributed by atoms with Gasteiger partial charge in [0.25, 0.3) is 0 Å². The van der Waals surface area contributed by atoms with Crippen LogP contribution in [0.1, 0.15) is 24.0 Å². The van der Waals surface area contributed by atoms with Crippen molar-refractivity contribution in [3.05, 3.63) is 53.6 Å². The summed E-state index contributed by atoms with van der Waals surface area (Å²) in [4.78, 5) is 10.7. The number of pyridine rings is 2. The molecule has 0 radical (unpaired) electrons. The molecule has 0 amide bonds. The van der Waals surface area contributed by atoms with Crippen molar-refractivity contribution < 1.29 is 0 Å². The van der Waals surface area contributed by atoms with Crippen LogP contribution in [0.3, 0.4) is 0 Å². The van der Waals surface area contributed by atoms with E-state index in [0.29, 0.717) is 5.69 Å². The van der Waals surface area contributed by atoms with E-state index >= 15 is 0 Å². The predicted octanol–water partition coefficient (Wildman–Crippen LogP) is 2.68. The summed E-state index contributed by atoms with van der Waals surface area (Å²) in [5.74, 6) is 0. The van der Waals surface area contributed by atoms with Crippen molar-refractivity contribution in [2.45, 2.75) is 20.4 Å². The Bertz CT molecular complexity index is 601. The molecule has 0 spiro atoms. The van der Waals surface area contributed by atoms with Crippen LogP contribution < -0.4 is 4.90 Å². The Hall–Kier alpha value is -2.41. The lowest BCUT2D eigenvalue weighted by atomic mass is 10.2. The van der Waals surface area contributed by atoms with Gasteiger partial charge in [-0.25, -0.2) is 4.98 Å². The lowest BCUT2D eigenvalue weighted by Crippen LogP contribution is -2.22. The fourth-order valence-corrected chi connectivity index (χ4v) is 1.95. The van der Waals surface area contributed by atoms with Gasteiger partial charge in [-0.15, -0.1) is 0 Å². The van der Waals surface area contributed by atoms with Crippen LogP contribution in [0.4, 0.5) is 5.69 Å². The van der Waals surface area contributed by atoms with E-state index in [1.54, 1.807) is 12.3 Å². The molecule has 96 valence electrons. The summed E-state index contributed by atoms with van der Waals surface area (Å²) in [6, 6.07) is 11.8. The average Bonchev–Trinajstić information content (AvgIpc) is 2.45. The van der Waals surface area contributed by atoms with Crippen molar-refractivity contribution in [3.63, 3.8) is 0 Å². The second-order valence-corrected chi connectivity index (χ2v) is 4.30. The third-order valence-electron chi connectivity index (χ3n) is 2.90. The summed E-state index contributed by atoms with van der Waals surface area (Å²) in [6.45, 7) is 5.65. The predicted molar refractivity (Wildman–Crippen MR) is 74.7 cm³/mol. The zero-order valence-corrected chi connectivity index (χ0v) is 11.2. The molecule has 0 aliphatic carbocycles. The zero-order chi connectivity index (χ0) is 13.7. The lowest BCUT2D eigenvalue weighted by Gasteiger charge is -2.22. The maximum atomic E-state index is 8.90. The quantitative estimate of drug-likeness (QED) is 0.839. The van der Waals surface area contributed by atoms with E-state index in [4.69, 9.17) is 5.26 Å². The van der Waals surface area contributed by atoms with Crippen LogP contribution in [0, 0.1) is 18.3 Å². The van der Waals surface area contributed by atoms with Crippen LogP contribution >= 0.6 is 0 Å². The molecule has 0 bridgehead atoms. The van der Waals surface area contributed by atoms with Crippen LogP contribution in [-0.2, 0) is 6.54 Å². The average molecular weight is 252 g/mol. The fourth-order valence-electron chi connectivity index (χ4n) is 1.95. The van der Waals surface area contributed by atoms with E-state index in [0.717, 1.165) is 30.2 Å². The van der Waals surface area contributed by atoms with E-state index in [1.807, 2.05) is 31.2 Å². The van der Waals surface area contributed by atoms with E-state index in [2.05, 4.69) is 27.9 Å². The molecule has 0 aromatic carbocycles. The van der Waals surface area contributed by atoms with Gasteiger partial charge in [0.05, 0.1) is 12.2 Å². The largest absolute Gasteiger partial charge is 0.366 e. The van der Waals surface area contributed by atoms with Gasteiger partial charge in [0.15, 0.2) is 0 Å². The second kappa shape index (κ2) is 5.96. The molecule has 19 heavy (non-hydrogen) atoms. The van der Waals surface area contributed by atoms with Gasteiger partial charge in [0.1, 0.15) is 11.8 Å². The molecule has 0 fully saturated rings. The van der Waals surface area contributed by atoms with Gasteiger partial charge >= 0.3 is 0 Å². The molecular formula is C15H16N4. The third-order valence-corrected chi connectivity index (χ3v) is 2.90. The first-order valence-electron chi connectivity index (χ1n) is 6.26. The van der Waals surface area contributed by atoms with Gasteiger partial charge in [-0.1, -0.05) is 6.07 Å². The highest BCUT2D eigenvalue weighted by Gasteiger charge is 2.07. The molecule has 0 atom stereocenters. The number of aryl methyl sites for hydroxylation is 1. The Morgan fingerprint density at radius 1 is 1.32 bits per heavy atom. The fraction of sp³-hybridized carbons (Fsp3) is 0.267. The zero-order valence-electron chi connectivity index (χ0n) is 11.2. The highest BCUT2D eigenvalue weighted by Crippen LogP contribution is 2.16. The van der Waals surface area contributed by atoms with Crippen molar-refractivity contribution in [2.24, 2.45) is 0 Å². The highest BCUT2D eigenvalue weighted by atomic mass is 15.1. The maximum Gasteiger partial charge on any atom is 0.142 e. The lowest BCUT2D eigenvalue weighted by molar-refractivity contribution is 0.804. The molecule has 0 aliphatic rings. The van der Waals surface area contributed by atoms with Crippen LogP contribution in [0.25, 0.3) is 0 Å². The van der Waals surface area contributed by atoms with Crippen LogP contribution in [0.2, 0.25) is 0 Å². The number of aromatic nitrogens is 2. The van der Waals surface area contributed by atoms with Crippen molar-refractivity contribution in [1.29, 1.82) is 5.26 Å². The molecule has 0 unspecified atom stereocenters. The molecule has 0 N–H and O–H groups in total. The minimum Gasteiger partial charge on any atom is -0.366 e. The highest BCUT2D eigenvalue weighted by molar-refractivity contribution is 5.48. The molecule has 0 saturated heterocycles. The summed E-state index contributed by atoms with van der Waals surface area (Å²) >= 11 is 0. The van der Waals surface area contributed by atoms with E-state index in [-0.39, 0.29) is 0 Å². The standard InChI is InChI=1S/C15H16N4/c1-3-19(11-13-6-4-5-12(2)18-13)15-7-8-17-14(9-15)10-16/h4-9H,3,11H2,1-2H3. The summed E-state index contributed by atoms with van der Waals surface area (Å²) in [5, 5.41) is 8.90. The third kappa shape index (κ3) is 3.29. The number of anilines is 1. The van der Waals surface area contributed by atoms with E-state index in [9.17, 15) is 0 Å². The molecule has 2 aromatic heterocycles. The number of rotatable bonds is 4. The van der Waals surface area contributed by atoms with E-state index < -0.39 is 0 Å². The van der Waals surface area contributed by atoms with Gasteiger partial charge in [-0.2, -0.15) is 5.26 Å². The van der Waals surface area contributed by atoms with Crippen molar-refractivity contribution in [1.82, 2.24) is 9.97 Å². The summed E-state index contributed by atoms with van der Waals surface area (Å²) < 4.78 is 0. The van der Waals surface area contributed by atoms with Crippen LogP contribution in [0.5, 0.6) is 0 Å². The second-order valence-electron chi connectivity index (χ2n) is 4.30. The van der Waals surface area contributed by atoms with Gasteiger partial charge in [-0.05, 0) is 38.1 Å². The number of hydrogen-bond acceptors (Lipinski definition) is 4. The normalized spacial score (nSPS) is 9.95. The molecule has 2 rings (SSSR count). The van der Waals surface area contributed by atoms with Gasteiger partial charge in [0.2, 0.25) is 0 Å². The number of hydrogen-bond donors (Lipinski definition) is 0. The van der Waals surface area contributed by atoms with Gasteiger partial charge in [-0.3, -0.25) is 4.98 Å². The Morgan fingerprint density at radius 2 is 2.16 bits per heavy atom. The minimum absolute atomic E-state index is 0.438. The Kier molecular flexibility index (Phi) is 4.09. The first-order valence-corrected chi connectivity index (χ1v) is 6.26. The molecule has 4 nitrogen and oxygen atoms in total. The molecular weight excluding hydrogens is 236 g/mol. The summed E-state index contributed by atoms with van der Waals surface area (Å²) in [7, 11) is 0. The van der Waals surface area contributed by atoms with Crippen molar-refractivity contribution >= 4 is 5.69 Å². The Labute approximate surface area is 113 Å². The monoisotopic (exact) mass is 252 g/mol. The SMILES string of the molecule is CCN(Cc1cccc(C)n1)c1ccnc(C#N)c1. The molecule has 4 heteroatoms. The topological polar surface area (TPSA) is 52.8 Å². The maximum absolute atomic E-state index is 8.90. The van der Waals surface area contributed by atoms with Crippen molar-refractivity contribution in [2.75, 3.05) is 11.4 Å². The van der Waals surface area contributed by atoms with Crippen molar-refractivity contribution in [3.8, 4) is 6.07 Å². The molecule has 2 heterocycles. The van der Waals surface area contributed by atoms with Crippen LogP contribution in [0.15, 0.2) is 36.5 Å². The molecule has 2 aromatic rings. The Morgan fingerprint density at radius 3 is 2.84 bits per heavy atom. The smallest absolute Gasteiger partial charge is 0.142 e. The molecule has 0 aliphatic heterocycles. The van der Waals surface area contributed by atoms with Gasteiger partial charge in [0, 0.05) is 24.1 Å². The summed E-state index contributed by atoms with van der Waals surface area (Å²) in [6.07, 6.45) is 1.67. The van der Waals surface area contributed by atoms with Gasteiger partial charge < -0.3 is 4.90 Å².